The summed E-state index contributed by atoms with van der Waals surface area (Å²) in [6, 6.07) is 10.7. The number of fused-ring (bicyclic) bond motifs is 1. The maximum Gasteiger partial charge on any atom is 0.354 e. The summed E-state index contributed by atoms with van der Waals surface area (Å²) in [5, 5.41) is 9.63. The minimum Gasteiger partial charge on any atom is -0.477 e. The Labute approximate surface area is 101 Å². The van der Waals surface area contributed by atoms with Gasteiger partial charge in [-0.05, 0) is 12.1 Å². The molecule has 0 fully saturated rings. The fourth-order valence-corrected chi connectivity index (χ4v) is 1.19. The number of nitrogens with zero attached hydrogens (tertiary/aromatic N) is 1. The minimum atomic E-state index is -0.995. The van der Waals surface area contributed by atoms with Crippen LogP contribution in [0.15, 0.2) is 36.4 Å². The second-order valence-electron chi connectivity index (χ2n) is 2.69. The smallest absolute Gasteiger partial charge is 0.354 e. The molecule has 0 bridgehead atoms. The molecule has 0 aliphatic heterocycles. The third kappa shape index (κ3) is 2.09. The number of pyridine rings is 1. The van der Waals surface area contributed by atoms with Gasteiger partial charge in [-0.15, -0.1) is 0 Å². The van der Waals surface area contributed by atoms with Crippen LogP contribution >= 0.6 is 0 Å². The molecule has 2 aromatic rings. The SMILES string of the molecule is O=C(O)c1ccc2ccccc2n1.[Pb]. The largest absolute Gasteiger partial charge is 0.477 e. The van der Waals surface area contributed by atoms with Crippen LogP contribution in [-0.4, -0.2) is 43.4 Å². The van der Waals surface area contributed by atoms with Crippen molar-refractivity contribution < 1.29 is 9.90 Å². The number of carboxylic acids is 1. The normalized spacial score (nSPS) is 9.43. The molecule has 0 spiro atoms. The standard InChI is InChI=1S/C10H7NO2.Pb/c12-10(13)9-6-5-7-3-1-2-4-8(7)11-9;/h1-6H,(H,12,13);. The summed E-state index contributed by atoms with van der Waals surface area (Å²) in [6.07, 6.45) is 0. The fraction of sp³-hybridized carbons (Fsp3) is 0. The van der Waals surface area contributed by atoms with Crippen molar-refractivity contribution in [3.8, 4) is 0 Å². The summed E-state index contributed by atoms with van der Waals surface area (Å²) in [4.78, 5) is 14.6. The van der Waals surface area contributed by atoms with Gasteiger partial charge in [0.25, 0.3) is 0 Å². The number of aromatic nitrogens is 1. The first-order valence-electron chi connectivity index (χ1n) is 3.86. The molecule has 0 saturated carbocycles. The summed E-state index contributed by atoms with van der Waals surface area (Å²) in [5.74, 6) is -0.995. The first-order valence-corrected chi connectivity index (χ1v) is 3.86. The molecular formula is C10H7NO2Pb. The first-order chi connectivity index (χ1) is 6.27. The van der Waals surface area contributed by atoms with Crippen molar-refractivity contribution in [1.29, 1.82) is 0 Å². The van der Waals surface area contributed by atoms with Gasteiger partial charge in [-0.2, -0.15) is 0 Å². The zero-order valence-corrected chi connectivity index (χ0v) is 11.2. The van der Waals surface area contributed by atoms with E-state index < -0.39 is 5.97 Å². The molecular weight excluding hydrogens is 373 g/mol. The molecule has 3 nitrogen and oxygen atoms in total. The third-order valence-corrected chi connectivity index (χ3v) is 1.82. The van der Waals surface area contributed by atoms with Gasteiger partial charge in [-0.25, -0.2) is 9.78 Å². The van der Waals surface area contributed by atoms with E-state index >= 15 is 0 Å². The van der Waals surface area contributed by atoms with E-state index in [4.69, 9.17) is 5.11 Å². The second-order valence-corrected chi connectivity index (χ2v) is 2.69. The Morgan fingerprint density at radius 2 is 1.86 bits per heavy atom. The van der Waals surface area contributed by atoms with E-state index in [0.29, 0.717) is 5.52 Å². The molecule has 1 aromatic heterocycles. The maximum atomic E-state index is 10.6. The summed E-state index contributed by atoms with van der Waals surface area (Å²) in [6.45, 7) is 0. The number of para-hydroxylation sites is 1. The van der Waals surface area contributed by atoms with Crippen molar-refractivity contribution in [3.63, 3.8) is 0 Å². The van der Waals surface area contributed by atoms with E-state index in [1.165, 1.54) is 6.07 Å². The van der Waals surface area contributed by atoms with Crippen LogP contribution < -0.4 is 0 Å². The Kier molecular flexibility index (Phi) is 3.56. The van der Waals surface area contributed by atoms with Gasteiger partial charge in [0.15, 0.2) is 0 Å². The van der Waals surface area contributed by atoms with Gasteiger partial charge in [0.1, 0.15) is 5.69 Å². The Balaban J connectivity index is 0.000000980. The van der Waals surface area contributed by atoms with Gasteiger partial charge in [-0.1, -0.05) is 24.3 Å². The molecule has 0 unspecified atom stereocenters. The van der Waals surface area contributed by atoms with Crippen LogP contribution in [0.2, 0.25) is 0 Å². The van der Waals surface area contributed by atoms with Crippen molar-refractivity contribution in [3.05, 3.63) is 42.1 Å². The number of carbonyl (C=O) groups is 1. The molecule has 14 heavy (non-hydrogen) atoms. The van der Waals surface area contributed by atoms with E-state index in [1.54, 1.807) is 12.1 Å². The molecule has 0 amide bonds. The number of benzene rings is 1. The molecule has 1 aromatic carbocycles. The van der Waals surface area contributed by atoms with E-state index in [0.717, 1.165) is 5.39 Å². The Bertz CT molecular complexity index is 470. The molecule has 0 atom stereocenters. The summed E-state index contributed by atoms with van der Waals surface area (Å²) < 4.78 is 0. The molecule has 1 heterocycles. The number of carboxylic acid groups (broad SMARTS) is 1. The van der Waals surface area contributed by atoms with E-state index in [1.807, 2.05) is 18.2 Å². The molecule has 68 valence electrons. The minimum absolute atomic E-state index is 0. The predicted molar refractivity (Wildman–Crippen MR) is 54.5 cm³/mol. The average molecular weight is 380 g/mol. The zero-order chi connectivity index (χ0) is 9.26. The molecule has 2 rings (SSSR count). The average Bonchev–Trinajstić information content (AvgIpc) is 2.17. The number of rotatable bonds is 1. The number of hydrogen-bond acceptors (Lipinski definition) is 2. The Hall–Kier alpha value is -0.978. The van der Waals surface area contributed by atoms with Crippen LogP contribution in [0.5, 0.6) is 0 Å². The summed E-state index contributed by atoms with van der Waals surface area (Å²) in [7, 11) is 0. The second kappa shape index (κ2) is 4.50. The summed E-state index contributed by atoms with van der Waals surface area (Å²) in [5.41, 5.74) is 0.793. The van der Waals surface area contributed by atoms with Gasteiger partial charge in [0.05, 0.1) is 5.52 Å². The van der Waals surface area contributed by atoms with Crippen LogP contribution in [-0.2, 0) is 0 Å². The zero-order valence-electron chi connectivity index (χ0n) is 7.27. The van der Waals surface area contributed by atoms with E-state index in [-0.39, 0.29) is 33.0 Å². The fourth-order valence-electron chi connectivity index (χ4n) is 1.19. The van der Waals surface area contributed by atoms with Gasteiger partial charge in [-0.3, -0.25) is 0 Å². The van der Waals surface area contributed by atoms with Gasteiger partial charge >= 0.3 is 5.97 Å². The predicted octanol–water partition coefficient (Wildman–Crippen LogP) is 1.55. The molecule has 4 radical (unpaired) electrons. The van der Waals surface area contributed by atoms with Gasteiger partial charge in [0.2, 0.25) is 0 Å². The van der Waals surface area contributed by atoms with Crippen molar-refractivity contribution in [2.24, 2.45) is 0 Å². The van der Waals surface area contributed by atoms with E-state index in [9.17, 15) is 4.79 Å². The van der Waals surface area contributed by atoms with Gasteiger partial charge < -0.3 is 5.11 Å². The Morgan fingerprint density at radius 3 is 2.57 bits per heavy atom. The molecule has 4 heteroatoms. The van der Waals surface area contributed by atoms with Gasteiger partial charge in [0, 0.05) is 32.7 Å². The van der Waals surface area contributed by atoms with E-state index in [2.05, 4.69) is 4.98 Å². The van der Waals surface area contributed by atoms with Crippen LogP contribution in [0.25, 0.3) is 10.9 Å². The van der Waals surface area contributed by atoms with Crippen molar-refractivity contribution in [2.45, 2.75) is 0 Å². The van der Waals surface area contributed by atoms with Crippen molar-refractivity contribution in [1.82, 2.24) is 4.98 Å². The van der Waals surface area contributed by atoms with Crippen LogP contribution in [0.1, 0.15) is 10.5 Å². The van der Waals surface area contributed by atoms with Crippen molar-refractivity contribution >= 4 is 44.2 Å². The number of hydrogen-bond donors (Lipinski definition) is 1. The summed E-state index contributed by atoms with van der Waals surface area (Å²) >= 11 is 0. The first kappa shape index (κ1) is 11.1. The van der Waals surface area contributed by atoms with Crippen LogP contribution in [0.4, 0.5) is 0 Å². The maximum absolute atomic E-state index is 10.6. The number of aromatic carboxylic acids is 1. The molecule has 0 aliphatic carbocycles. The monoisotopic (exact) mass is 381 g/mol. The quantitative estimate of drug-likeness (QED) is 0.764. The van der Waals surface area contributed by atoms with Crippen LogP contribution in [0, 0.1) is 0 Å². The topological polar surface area (TPSA) is 50.2 Å². The molecule has 0 saturated heterocycles. The van der Waals surface area contributed by atoms with Crippen molar-refractivity contribution in [2.75, 3.05) is 0 Å². The Morgan fingerprint density at radius 1 is 1.14 bits per heavy atom. The molecule has 1 N–H and O–H groups in total. The third-order valence-electron chi connectivity index (χ3n) is 1.82. The molecule has 0 aliphatic rings. The van der Waals surface area contributed by atoms with Crippen LogP contribution in [0.3, 0.4) is 0 Å².